The number of aliphatic carboxylic acids is 1. The van der Waals surface area contributed by atoms with Crippen LogP contribution in [0.3, 0.4) is 0 Å². The van der Waals surface area contributed by atoms with Crippen LogP contribution in [0.4, 0.5) is 21.9 Å². The zero-order chi connectivity index (χ0) is 32.6. The van der Waals surface area contributed by atoms with E-state index >= 15 is 0 Å². The molecule has 3 aromatic rings. The molecule has 1 saturated heterocycles. The summed E-state index contributed by atoms with van der Waals surface area (Å²) < 4.78 is 16.7. The second-order valence-electron chi connectivity index (χ2n) is 11.6. The Kier molecular flexibility index (Phi) is 10.7. The van der Waals surface area contributed by atoms with Gasteiger partial charge in [-0.3, -0.25) is 14.6 Å². The normalized spacial score (nSPS) is 15.5. The van der Waals surface area contributed by atoms with E-state index in [0.29, 0.717) is 78.5 Å². The molecule has 2 aliphatic rings. The second kappa shape index (κ2) is 15.1. The Labute approximate surface area is 269 Å². The maximum absolute atomic E-state index is 14.1. The van der Waals surface area contributed by atoms with Gasteiger partial charge >= 0.3 is 18.0 Å². The van der Waals surface area contributed by atoms with Crippen LogP contribution in [0.2, 0.25) is 0 Å². The van der Waals surface area contributed by atoms with Crippen molar-refractivity contribution in [2.24, 2.45) is 5.92 Å². The molecule has 2 aliphatic heterocycles. The lowest BCUT2D eigenvalue weighted by molar-refractivity contribution is -0.142. The number of morpholine rings is 1. The number of hydrogen-bond donors (Lipinski definition) is 2. The third kappa shape index (κ3) is 7.41. The van der Waals surface area contributed by atoms with Crippen molar-refractivity contribution in [2.75, 3.05) is 50.2 Å². The summed E-state index contributed by atoms with van der Waals surface area (Å²) in [5.74, 6) is -1.34. The number of hydrogen-bond acceptors (Lipinski definition) is 7. The maximum Gasteiger partial charge on any atom is 0.341 e. The van der Waals surface area contributed by atoms with Crippen LogP contribution in [0.1, 0.15) is 46.8 Å². The number of anilines is 3. The molecule has 2 amide bonds. The lowest BCUT2D eigenvalue weighted by Crippen LogP contribution is -2.38. The molecule has 0 aliphatic carbocycles. The van der Waals surface area contributed by atoms with Gasteiger partial charge in [-0.1, -0.05) is 48.0 Å². The molecule has 1 unspecified atom stereocenters. The van der Waals surface area contributed by atoms with E-state index in [9.17, 15) is 19.5 Å². The molecule has 242 valence electrons. The zero-order valence-corrected chi connectivity index (χ0v) is 26.6. The first kappa shape index (κ1) is 32.7. The van der Waals surface area contributed by atoms with Crippen LogP contribution in [0, 0.1) is 12.8 Å². The van der Waals surface area contributed by atoms with Gasteiger partial charge in [0.1, 0.15) is 12.4 Å². The first-order chi connectivity index (χ1) is 22.3. The highest BCUT2D eigenvalue weighted by Gasteiger charge is 2.34. The Hall–Kier alpha value is -4.67. The van der Waals surface area contributed by atoms with Crippen LogP contribution in [0.15, 0.2) is 72.3 Å². The van der Waals surface area contributed by atoms with Crippen LogP contribution < -0.4 is 15.0 Å². The summed E-state index contributed by atoms with van der Waals surface area (Å²) in [5, 5.41) is 13.0. The highest BCUT2D eigenvalue weighted by atomic mass is 16.5. The van der Waals surface area contributed by atoms with E-state index in [1.54, 1.807) is 12.0 Å². The Balaban J connectivity index is 1.46. The second-order valence-corrected chi connectivity index (χ2v) is 11.6. The van der Waals surface area contributed by atoms with Crippen molar-refractivity contribution < 1.29 is 33.7 Å². The lowest BCUT2D eigenvalue weighted by Gasteiger charge is -2.27. The van der Waals surface area contributed by atoms with Crippen molar-refractivity contribution in [3.63, 3.8) is 0 Å². The number of fused-ring (bicyclic) bond motifs is 1. The summed E-state index contributed by atoms with van der Waals surface area (Å²) >= 11 is 0. The van der Waals surface area contributed by atoms with Crippen LogP contribution in [0.25, 0.3) is 0 Å². The number of nitrogens with one attached hydrogen (secondary N) is 1. The van der Waals surface area contributed by atoms with E-state index < -0.39 is 23.9 Å². The number of esters is 1. The van der Waals surface area contributed by atoms with Gasteiger partial charge < -0.3 is 24.6 Å². The van der Waals surface area contributed by atoms with Crippen molar-refractivity contribution in [3.8, 4) is 5.75 Å². The maximum atomic E-state index is 14.1. The number of nitrogens with zero attached hydrogens (tertiary/aromatic N) is 2. The average Bonchev–Trinajstić information content (AvgIpc) is 3.46. The predicted molar refractivity (Wildman–Crippen MR) is 176 cm³/mol. The lowest BCUT2D eigenvalue weighted by atomic mass is 9.92. The van der Waals surface area contributed by atoms with Crippen molar-refractivity contribution in [1.82, 2.24) is 4.90 Å². The molecule has 1 fully saturated rings. The number of ether oxygens (including phenoxy) is 3. The molecule has 0 bridgehead atoms. The summed E-state index contributed by atoms with van der Waals surface area (Å²) in [7, 11) is 1.56. The monoisotopic (exact) mass is 627 g/mol. The van der Waals surface area contributed by atoms with Gasteiger partial charge in [0.15, 0.2) is 0 Å². The SMILES string of the molecule is COc1c(C)c2c(c(NC(=O)N(c3ccccc3)c3ccccc3)c1C/C=C(\C)CC(CCN1CCOCC1)C(=O)O)C(=O)OC2. The van der Waals surface area contributed by atoms with Gasteiger partial charge in [0.25, 0.3) is 0 Å². The quantitative estimate of drug-likeness (QED) is 0.176. The fourth-order valence-electron chi connectivity index (χ4n) is 6.12. The van der Waals surface area contributed by atoms with Gasteiger partial charge in [-0.15, -0.1) is 0 Å². The third-order valence-corrected chi connectivity index (χ3v) is 8.61. The molecule has 10 heteroatoms. The molecule has 1 atom stereocenters. The molecular weight excluding hydrogens is 586 g/mol. The zero-order valence-electron chi connectivity index (χ0n) is 26.6. The number of rotatable bonds is 12. The highest BCUT2D eigenvalue weighted by Crippen LogP contribution is 2.42. The Morgan fingerprint density at radius 2 is 1.70 bits per heavy atom. The van der Waals surface area contributed by atoms with Crippen molar-refractivity contribution in [2.45, 2.75) is 39.7 Å². The van der Waals surface area contributed by atoms with Gasteiger partial charge in [0.2, 0.25) is 0 Å². The average molecular weight is 628 g/mol. The number of urea groups is 1. The molecule has 0 spiro atoms. The smallest absolute Gasteiger partial charge is 0.341 e. The minimum Gasteiger partial charge on any atom is -0.496 e. The van der Waals surface area contributed by atoms with E-state index in [-0.39, 0.29) is 6.61 Å². The number of cyclic esters (lactones) is 1. The Morgan fingerprint density at radius 1 is 1.07 bits per heavy atom. The number of benzene rings is 3. The number of para-hydroxylation sites is 2. The molecule has 46 heavy (non-hydrogen) atoms. The van der Waals surface area contributed by atoms with Crippen LogP contribution in [-0.2, 0) is 27.3 Å². The summed E-state index contributed by atoms with van der Waals surface area (Å²) in [6.45, 7) is 7.51. The van der Waals surface area contributed by atoms with Crippen LogP contribution >= 0.6 is 0 Å². The number of carboxylic acids is 1. The van der Waals surface area contributed by atoms with Crippen LogP contribution in [-0.4, -0.2) is 67.9 Å². The molecular formula is C36H41N3O7. The minimum atomic E-state index is -0.829. The molecule has 2 N–H and O–H groups in total. The topological polar surface area (TPSA) is 118 Å². The minimum absolute atomic E-state index is 0.0822. The van der Waals surface area contributed by atoms with Crippen molar-refractivity contribution in [1.29, 1.82) is 0 Å². The first-order valence-corrected chi connectivity index (χ1v) is 15.6. The number of amides is 2. The fraction of sp³-hybridized carbons (Fsp3) is 0.361. The van der Waals surface area contributed by atoms with E-state index in [4.69, 9.17) is 14.2 Å². The fourth-order valence-corrected chi connectivity index (χ4v) is 6.12. The molecule has 5 rings (SSSR count). The van der Waals surface area contributed by atoms with E-state index in [2.05, 4.69) is 10.2 Å². The van der Waals surface area contributed by atoms with Gasteiger partial charge in [-0.2, -0.15) is 0 Å². The number of methoxy groups -OCH3 is 1. The molecule has 2 heterocycles. The van der Waals surface area contributed by atoms with Gasteiger partial charge in [-0.05, 0) is 69.5 Å². The predicted octanol–water partition coefficient (Wildman–Crippen LogP) is 6.35. The van der Waals surface area contributed by atoms with Gasteiger partial charge in [-0.25, -0.2) is 9.59 Å². The number of carbonyl (C=O) groups is 3. The molecule has 10 nitrogen and oxygen atoms in total. The van der Waals surface area contributed by atoms with E-state index in [1.807, 2.05) is 80.6 Å². The van der Waals surface area contributed by atoms with Gasteiger partial charge in [0, 0.05) is 24.2 Å². The molecule has 0 aromatic heterocycles. The summed E-state index contributed by atoms with van der Waals surface area (Å²) in [4.78, 5) is 43.2. The standard InChI is InChI=1S/C36H41N3O7/c1-24(22-26(34(40)41)16-17-38-18-20-45-21-19-38)14-15-29-32(31-30(23-46-35(31)42)25(2)33(29)44-3)37-36(43)39(27-10-6-4-7-11-27)28-12-8-5-9-13-28/h4-14,26H,15-23H2,1-3H3,(H,37,43)(H,40,41)/b24-14+. The number of carboxylic acid groups (broad SMARTS) is 1. The number of allylic oxidation sites excluding steroid dienone is 2. The van der Waals surface area contributed by atoms with Crippen molar-refractivity contribution >= 4 is 35.0 Å². The van der Waals surface area contributed by atoms with Gasteiger partial charge in [0.05, 0.1) is 48.9 Å². The Morgan fingerprint density at radius 3 is 2.28 bits per heavy atom. The van der Waals surface area contributed by atoms with Crippen molar-refractivity contribution in [3.05, 3.63) is 94.6 Å². The molecule has 3 aromatic carbocycles. The molecule has 0 saturated carbocycles. The molecule has 0 radical (unpaired) electrons. The summed E-state index contributed by atoms with van der Waals surface area (Å²) in [6.07, 6.45) is 3.17. The third-order valence-electron chi connectivity index (χ3n) is 8.61. The Bertz CT molecular complexity index is 1540. The van der Waals surface area contributed by atoms with Crippen LogP contribution in [0.5, 0.6) is 5.75 Å². The highest BCUT2D eigenvalue weighted by molar-refractivity contribution is 6.11. The summed E-state index contributed by atoms with van der Waals surface area (Å²) in [5.41, 5.74) is 4.88. The summed E-state index contributed by atoms with van der Waals surface area (Å²) in [6, 6.07) is 18.1. The largest absolute Gasteiger partial charge is 0.496 e. The van der Waals surface area contributed by atoms with E-state index in [0.717, 1.165) is 24.2 Å². The van der Waals surface area contributed by atoms with E-state index in [1.165, 1.54) is 0 Å². The first-order valence-electron chi connectivity index (χ1n) is 15.6. The number of carbonyl (C=O) groups excluding carboxylic acids is 2.